The van der Waals surface area contributed by atoms with Crippen molar-refractivity contribution < 1.29 is 8.83 Å². The van der Waals surface area contributed by atoms with E-state index in [4.69, 9.17) is 23.8 Å². The van der Waals surface area contributed by atoms with E-state index in [-0.39, 0.29) is 0 Å². The number of allylic oxidation sites excluding steroid dienone is 1. The molecule has 268 valence electrons. The van der Waals surface area contributed by atoms with E-state index in [1.807, 2.05) is 36.4 Å². The van der Waals surface area contributed by atoms with Gasteiger partial charge in [0.25, 0.3) is 0 Å². The standard InChI is InChI=1S/C51H32N4O2/c1-2-11-31(12-3-1)33-23-27-44-41(29-33)36-13-4-7-18-43(36)55(44)35-25-21-32(22-26-35)49-52-50(34-24-28-47-42(30-34)38-15-6-8-19-45(38)56-47)54-51(53-49)40-17-10-16-39-37-14-5-9-20-46(37)57-48(39)40/h1-4,6-13,15-30H,5,14H2. The monoisotopic (exact) mass is 732 g/mol. The molecule has 11 aromatic rings. The Morgan fingerprint density at radius 1 is 0.456 bits per heavy atom. The molecule has 0 radical (unpaired) electrons. The Balaban J connectivity index is 1.02. The molecule has 4 heterocycles. The number of fused-ring (bicyclic) bond motifs is 9. The average molecular weight is 733 g/mol. The number of rotatable bonds is 5. The van der Waals surface area contributed by atoms with E-state index >= 15 is 0 Å². The highest BCUT2D eigenvalue weighted by molar-refractivity contribution is 6.10. The predicted molar refractivity (Wildman–Crippen MR) is 230 cm³/mol. The van der Waals surface area contributed by atoms with Crippen molar-refractivity contribution >= 4 is 60.8 Å². The van der Waals surface area contributed by atoms with Gasteiger partial charge in [-0.2, -0.15) is 0 Å². The third-order valence-corrected chi connectivity index (χ3v) is 11.4. The number of hydrogen-bond acceptors (Lipinski definition) is 5. The molecule has 0 saturated carbocycles. The number of aromatic nitrogens is 4. The first-order chi connectivity index (χ1) is 28.2. The summed E-state index contributed by atoms with van der Waals surface area (Å²) in [6.07, 6.45) is 6.19. The van der Waals surface area contributed by atoms with Gasteiger partial charge in [-0.05, 0) is 103 Å². The van der Waals surface area contributed by atoms with Gasteiger partial charge in [-0.15, -0.1) is 0 Å². The lowest BCUT2D eigenvalue weighted by Gasteiger charge is -2.11. The molecular formula is C51H32N4O2. The summed E-state index contributed by atoms with van der Waals surface area (Å²) in [5, 5.41) is 5.61. The van der Waals surface area contributed by atoms with Crippen molar-refractivity contribution in [2.45, 2.75) is 12.8 Å². The summed E-state index contributed by atoms with van der Waals surface area (Å²) in [4.78, 5) is 15.5. The molecule has 6 heteroatoms. The van der Waals surface area contributed by atoms with Crippen LogP contribution < -0.4 is 0 Å². The summed E-state index contributed by atoms with van der Waals surface area (Å²) in [7, 11) is 0. The van der Waals surface area contributed by atoms with Crippen LogP contribution in [0.25, 0.3) is 112 Å². The zero-order valence-electron chi connectivity index (χ0n) is 30.7. The van der Waals surface area contributed by atoms with E-state index in [0.29, 0.717) is 17.5 Å². The summed E-state index contributed by atoms with van der Waals surface area (Å²) in [6.45, 7) is 0. The van der Waals surface area contributed by atoms with E-state index in [9.17, 15) is 0 Å². The fourth-order valence-electron chi connectivity index (χ4n) is 8.62. The minimum absolute atomic E-state index is 0.563. The molecule has 0 amide bonds. The van der Waals surface area contributed by atoms with Crippen LogP contribution in [-0.2, 0) is 6.42 Å². The van der Waals surface area contributed by atoms with E-state index < -0.39 is 0 Å². The van der Waals surface area contributed by atoms with Gasteiger partial charge in [0, 0.05) is 49.3 Å². The van der Waals surface area contributed by atoms with Gasteiger partial charge in [-0.1, -0.05) is 91.0 Å². The molecule has 7 aromatic carbocycles. The van der Waals surface area contributed by atoms with Crippen LogP contribution in [0.15, 0.2) is 173 Å². The molecule has 0 fully saturated rings. The Kier molecular flexibility index (Phi) is 6.95. The Labute approximate surface area is 327 Å². The maximum atomic E-state index is 6.52. The van der Waals surface area contributed by atoms with Gasteiger partial charge in [0.15, 0.2) is 17.5 Å². The second kappa shape index (κ2) is 12.5. The molecule has 12 rings (SSSR count). The highest BCUT2D eigenvalue weighted by atomic mass is 16.3. The topological polar surface area (TPSA) is 69.9 Å². The van der Waals surface area contributed by atoms with Gasteiger partial charge in [0.1, 0.15) is 22.5 Å². The maximum Gasteiger partial charge on any atom is 0.167 e. The van der Waals surface area contributed by atoms with Crippen molar-refractivity contribution in [2.75, 3.05) is 0 Å². The minimum atomic E-state index is 0.563. The fraction of sp³-hybridized carbons (Fsp3) is 0.0392. The Hall–Kier alpha value is -7.57. The summed E-state index contributed by atoms with van der Waals surface area (Å²) < 4.78 is 15.0. The zero-order valence-corrected chi connectivity index (χ0v) is 30.7. The normalized spacial score (nSPS) is 12.7. The van der Waals surface area contributed by atoms with E-state index in [0.717, 1.165) is 84.9 Å². The molecular weight excluding hydrogens is 701 g/mol. The third kappa shape index (κ3) is 5.07. The van der Waals surface area contributed by atoms with Crippen LogP contribution >= 0.6 is 0 Å². The smallest absolute Gasteiger partial charge is 0.167 e. The van der Waals surface area contributed by atoms with Crippen LogP contribution in [0.2, 0.25) is 0 Å². The van der Waals surface area contributed by atoms with Crippen LogP contribution in [0.4, 0.5) is 0 Å². The van der Waals surface area contributed by atoms with Gasteiger partial charge in [0.05, 0.1) is 16.6 Å². The number of furan rings is 2. The zero-order chi connectivity index (χ0) is 37.5. The molecule has 0 N–H and O–H groups in total. The summed E-state index contributed by atoms with van der Waals surface area (Å²) in [5.41, 5.74) is 12.1. The first-order valence-corrected chi connectivity index (χ1v) is 19.3. The SMILES string of the molecule is C1=Cc2oc3c(-c4nc(-c5ccc(-n6c7ccccc7c7cc(-c8ccccc8)ccc76)cc5)nc(-c5ccc6oc7ccccc7c6c5)n4)cccc3c2CC1. The molecule has 0 aliphatic heterocycles. The summed E-state index contributed by atoms with van der Waals surface area (Å²) >= 11 is 0. The number of aryl methyl sites for hydroxylation is 1. The molecule has 6 nitrogen and oxygen atoms in total. The summed E-state index contributed by atoms with van der Waals surface area (Å²) in [5.74, 6) is 2.64. The van der Waals surface area contributed by atoms with Crippen molar-refractivity contribution in [3.63, 3.8) is 0 Å². The van der Waals surface area contributed by atoms with E-state index in [1.165, 1.54) is 27.5 Å². The number of nitrogens with zero attached hydrogens (tertiary/aromatic N) is 4. The van der Waals surface area contributed by atoms with Crippen LogP contribution in [0.1, 0.15) is 17.7 Å². The van der Waals surface area contributed by atoms with Crippen LogP contribution in [0.3, 0.4) is 0 Å². The molecule has 0 unspecified atom stereocenters. The lowest BCUT2D eigenvalue weighted by Crippen LogP contribution is -2.01. The first-order valence-electron chi connectivity index (χ1n) is 19.3. The van der Waals surface area contributed by atoms with Gasteiger partial charge < -0.3 is 13.4 Å². The highest BCUT2D eigenvalue weighted by Crippen LogP contribution is 2.39. The van der Waals surface area contributed by atoms with Crippen molar-refractivity contribution in [3.05, 3.63) is 175 Å². The molecule has 0 atom stereocenters. The van der Waals surface area contributed by atoms with Crippen LogP contribution in [-0.4, -0.2) is 19.5 Å². The quantitative estimate of drug-likeness (QED) is 0.176. The van der Waals surface area contributed by atoms with Gasteiger partial charge in [0.2, 0.25) is 0 Å². The van der Waals surface area contributed by atoms with E-state index in [2.05, 4.69) is 138 Å². The van der Waals surface area contributed by atoms with Gasteiger partial charge >= 0.3 is 0 Å². The maximum absolute atomic E-state index is 6.52. The van der Waals surface area contributed by atoms with Gasteiger partial charge in [-0.25, -0.2) is 15.0 Å². The molecule has 1 aliphatic carbocycles. The van der Waals surface area contributed by atoms with Crippen molar-refractivity contribution in [2.24, 2.45) is 0 Å². The predicted octanol–water partition coefficient (Wildman–Crippen LogP) is 13.2. The highest BCUT2D eigenvalue weighted by Gasteiger charge is 2.21. The molecule has 1 aliphatic rings. The lowest BCUT2D eigenvalue weighted by molar-refractivity contribution is 0.596. The number of hydrogen-bond donors (Lipinski definition) is 0. The lowest BCUT2D eigenvalue weighted by atomic mass is 10.00. The minimum Gasteiger partial charge on any atom is -0.456 e. The Bertz CT molecular complexity index is 3410. The van der Waals surface area contributed by atoms with Crippen molar-refractivity contribution in [3.8, 4) is 51.0 Å². The number of benzene rings is 7. The van der Waals surface area contributed by atoms with Crippen LogP contribution in [0.5, 0.6) is 0 Å². The number of para-hydroxylation sites is 3. The Morgan fingerprint density at radius 2 is 1.14 bits per heavy atom. The Morgan fingerprint density at radius 3 is 2.04 bits per heavy atom. The molecule has 0 bridgehead atoms. The second-order valence-corrected chi connectivity index (χ2v) is 14.7. The molecule has 0 spiro atoms. The largest absolute Gasteiger partial charge is 0.456 e. The fourth-order valence-corrected chi connectivity index (χ4v) is 8.62. The molecule has 4 aromatic heterocycles. The summed E-state index contributed by atoms with van der Waals surface area (Å²) in [6, 6.07) is 55.0. The van der Waals surface area contributed by atoms with Crippen molar-refractivity contribution in [1.29, 1.82) is 0 Å². The molecule has 57 heavy (non-hydrogen) atoms. The third-order valence-electron chi connectivity index (χ3n) is 11.4. The first kappa shape index (κ1) is 31.7. The van der Waals surface area contributed by atoms with E-state index in [1.54, 1.807) is 0 Å². The molecule has 0 saturated heterocycles. The average Bonchev–Trinajstić information content (AvgIpc) is 3.96. The van der Waals surface area contributed by atoms with Crippen LogP contribution in [0, 0.1) is 0 Å². The second-order valence-electron chi connectivity index (χ2n) is 14.7. The van der Waals surface area contributed by atoms with Gasteiger partial charge in [-0.3, -0.25) is 0 Å². The van der Waals surface area contributed by atoms with Crippen molar-refractivity contribution in [1.82, 2.24) is 19.5 Å².